The lowest BCUT2D eigenvalue weighted by Crippen LogP contribution is -2.38. The molecule has 4 nitrogen and oxygen atoms in total. The molecule has 1 N–H and O–H groups in total. The number of carbonyl (C=O) groups excluding carboxylic acids is 1. The van der Waals surface area contributed by atoms with E-state index in [0.717, 1.165) is 39.0 Å². The first-order valence-corrected chi connectivity index (χ1v) is 5.84. The monoisotopic (exact) mass is 211 g/mol. The second-order valence-electron chi connectivity index (χ2n) is 4.88. The minimum absolute atomic E-state index is 0.242. The maximum Gasteiger partial charge on any atom is 0.227 e. The molecular formula is C11H21N3O. The van der Waals surface area contributed by atoms with Crippen LogP contribution in [0.2, 0.25) is 0 Å². The van der Waals surface area contributed by atoms with E-state index in [1.54, 1.807) is 0 Å². The fraction of sp³-hybridized carbons (Fsp3) is 0.909. The third kappa shape index (κ3) is 2.32. The van der Waals surface area contributed by atoms with E-state index in [0.29, 0.717) is 11.9 Å². The fourth-order valence-corrected chi connectivity index (χ4v) is 2.49. The average Bonchev–Trinajstić information content (AvgIpc) is 2.88. The molecule has 86 valence electrons. The maximum absolute atomic E-state index is 12.1. The van der Waals surface area contributed by atoms with Gasteiger partial charge in [0.1, 0.15) is 0 Å². The van der Waals surface area contributed by atoms with E-state index in [2.05, 4.69) is 24.3 Å². The van der Waals surface area contributed by atoms with Crippen LogP contribution in [0.5, 0.6) is 0 Å². The Kier molecular flexibility index (Phi) is 3.26. The maximum atomic E-state index is 12.1. The van der Waals surface area contributed by atoms with Crippen LogP contribution in [-0.4, -0.2) is 62.0 Å². The van der Waals surface area contributed by atoms with Crippen molar-refractivity contribution >= 4 is 5.91 Å². The van der Waals surface area contributed by atoms with E-state index in [9.17, 15) is 4.79 Å². The number of carbonyl (C=O) groups is 1. The fourth-order valence-electron chi connectivity index (χ4n) is 2.49. The Bertz CT molecular complexity index is 236. The summed E-state index contributed by atoms with van der Waals surface area (Å²) in [5, 5.41) is 3.25. The third-order valence-corrected chi connectivity index (χ3v) is 3.61. The Morgan fingerprint density at radius 2 is 2.20 bits per heavy atom. The first-order valence-electron chi connectivity index (χ1n) is 5.84. The van der Waals surface area contributed by atoms with E-state index >= 15 is 0 Å². The van der Waals surface area contributed by atoms with Gasteiger partial charge in [-0.25, -0.2) is 0 Å². The zero-order valence-electron chi connectivity index (χ0n) is 9.70. The van der Waals surface area contributed by atoms with Crippen LogP contribution in [-0.2, 0) is 4.79 Å². The molecule has 4 heteroatoms. The van der Waals surface area contributed by atoms with Crippen molar-refractivity contribution in [1.82, 2.24) is 15.1 Å². The predicted molar refractivity (Wildman–Crippen MR) is 59.6 cm³/mol. The standard InChI is InChI=1S/C11H21N3O/c1-13(2)10-4-6-14(8-10)11(15)9-3-5-12-7-9/h9-10,12H,3-8H2,1-2H3. The number of hydrogen-bond acceptors (Lipinski definition) is 3. The zero-order valence-corrected chi connectivity index (χ0v) is 9.70. The second kappa shape index (κ2) is 4.49. The van der Waals surface area contributed by atoms with E-state index in [1.165, 1.54) is 0 Å². The molecule has 0 aromatic heterocycles. The summed E-state index contributed by atoms with van der Waals surface area (Å²) >= 11 is 0. The van der Waals surface area contributed by atoms with Crippen molar-refractivity contribution in [2.75, 3.05) is 40.3 Å². The summed E-state index contributed by atoms with van der Waals surface area (Å²) < 4.78 is 0. The highest BCUT2D eigenvalue weighted by molar-refractivity contribution is 5.79. The van der Waals surface area contributed by atoms with Crippen molar-refractivity contribution in [3.8, 4) is 0 Å². The van der Waals surface area contributed by atoms with E-state index < -0.39 is 0 Å². The van der Waals surface area contributed by atoms with Crippen molar-refractivity contribution in [3.05, 3.63) is 0 Å². The van der Waals surface area contributed by atoms with E-state index in [1.807, 2.05) is 4.90 Å². The molecule has 2 heterocycles. The van der Waals surface area contributed by atoms with Crippen molar-refractivity contribution in [2.45, 2.75) is 18.9 Å². The van der Waals surface area contributed by atoms with Gasteiger partial charge in [-0.3, -0.25) is 4.79 Å². The molecule has 2 saturated heterocycles. The molecule has 0 aliphatic carbocycles. The Hall–Kier alpha value is -0.610. The van der Waals surface area contributed by atoms with Gasteiger partial charge in [-0.1, -0.05) is 0 Å². The van der Waals surface area contributed by atoms with Crippen molar-refractivity contribution in [2.24, 2.45) is 5.92 Å². The van der Waals surface area contributed by atoms with E-state index in [4.69, 9.17) is 0 Å². The highest BCUT2D eigenvalue weighted by Gasteiger charge is 2.32. The summed E-state index contributed by atoms with van der Waals surface area (Å²) in [6.07, 6.45) is 2.14. The van der Waals surface area contributed by atoms with Gasteiger partial charge in [0.2, 0.25) is 5.91 Å². The van der Waals surface area contributed by atoms with Gasteiger partial charge in [0.05, 0.1) is 5.92 Å². The molecule has 1 amide bonds. The van der Waals surface area contributed by atoms with Gasteiger partial charge in [-0.2, -0.15) is 0 Å². The van der Waals surface area contributed by atoms with Gasteiger partial charge < -0.3 is 15.1 Å². The molecule has 2 atom stereocenters. The Morgan fingerprint density at radius 1 is 1.40 bits per heavy atom. The summed E-state index contributed by atoms with van der Waals surface area (Å²) in [5.41, 5.74) is 0. The molecular weight excluding hydrogens is 190 g/mol. The first-order chi connectivity index (χ1) is 7.18. The van der Waals surface area contributed by atoms with Crippen molar-refractivity contribution < 1.29 is 4.79 Å². The van der Waals surface area contributed by atoms with Crippen molar-refractivity contribution in [3.63, 3.8) is 0 Å². The van der Waals surface area contributed by atoms with Crippen LogP contribution in [0.3, 0.4) is 0 Å². The minimum atomic E-state index is 0.242. The van der Waals surface area contributed by atoms with Crippen molar-refractivity contribution in [1.29, 1.82) is 0 Å². The summed E-state index contributed by atoms with van der Waals surface area (Å²) in [4.78, 5) is 16.3. The van der Waals surface area contributed by atoms with Gasteiger partial charge in [0.15, 0.2) is 0 Å². The molecule has 0 aromatic rings. The van der Waals surface area contributed by atoms with Gasteiger partial charge in [-0.05, 0) is 33.5 Å². The summed E-state index contributed by atoms with van der Waals surface area (Å²) in [5.74, 6) is 0.607. The van der Waals surface area contributed by atoms with Crippen LogP contribution in [0.4, 0.5) is 0 Å². The Labute approximate surface area is 91.6 Å². The molecule has 0 radical (unpaired) electrons. The highest BCUT2D eigenvalue weighted by atomic mass is 16.2. The van der Waals surface area contributed by atoms with Crippen LogP contribution < -0.4 is 5.32 Å². The van der Waals surface area contributed by atoms with Crippen LogP contribution in [0.15, 0.2) is 0 Å². The van der Waals surface area contributed by atoms with Gasteiger partial charge in [0, 0.05) is 25.7 Å². The quantitative estimate of drug-likeness (QED) is 0.684. The Balaban J connectivity index is 1.87. The zero-order chi connectivity index (χ0) is 10.8. The van der Waals surface area contributed by atoms with Crippen LogP contribution in [0.25, 0.3) is 0 Å². The second-order valence-corrected chi connectivity index (χ2v) is 4.88. The molecule has 0 spiro atoms. The normalized spacial score (nSPS) is 31.5. The summed E-state index contributed by atoms with van der Waals surface area (Å²) in [7, 11) is 4.19. The summed E-state index contributed by atoms with van der Waals surface area (Å²) in [6.45, 7) is 3.74. The smallest absolute Gasteiger partial charge is 0.227 e. The number of likely N-dealkylation sites (tertiary alicyclic amines) is 1. The molecule has 0 bridgehead atoms. The van der Waals surface area contributed by atoms with E-state index in [-0.39, 0.29) is 5.92 Å². The lowest BCUT2D eigenvalue weighted by Gasteiger charge is -2.22. The first kappa shape index (κ1) is 10.9. The number of nitrogens with zero attached hydrogens (tertiary/aromatic N) is 2. The molecule has 15 heavy (non-hydrogen) atoms. The van der Waals surface area contributed by atoms with Crippen LogP contribution in [0.1, 0.15) is 12.8 Å². The van der Waals surface area contributed by atoms with Gasteiger partial charge in [-0.15, -0.1) is 0 Å². The molecule has 2 aliphatic rings. The van der Waals surface area contributed by atoms with Crippen LogP contribution in [0, 0.1) is 5.92 Å². The lowest BCUT2D eigenvalue weighted by molar-refractivity contribution is -0.133. The van der Waals surface area contributed by atoms with Crippen LogP contribution >= 0.6 is 0 Å². The number of nitrogens with one attached hydrogen (secondary N) is 1. The average molecular weight is 211 g/mol. The minimum Gasteiger partial charge on any atom is -0.341 e. The van der Waals surface area contributed by atoms with Gasteiger partial charge >= 0.3 is 0 Å². The number of hydrogen-bond donors (Lipinski definition) is 1. The highest BCUT2D eigenvalue weighted by Crippen LogP contribution is 2.18. The molecule has 2 unspecified atom stereocenters. The topological polar surface area (TPSA) is 35.6 Å². The SMILES string of the molecule is CN(C)C1CCN(C(=O)C2CCNC2)C1. The largest absolute Gasteiger partial charge is 0.341 e. The number of likely N-dealkylation sites (N-methyl/N-ethyl adjacent to an activating group) is 1. The molecule has 2 rings (SSSR count). The number of amides is 1. The molecule has 0 aromatic carbocycles. The molecule has 0 saturated carbocycles. The number of rotatable bonds is 2. The summed E-state index contributed by atoms with van der Waals surface area (Å²) in [6, 6.07) is 0.559. The lowest BCUT2D eigenvalue weighted by atomic mass is 10.1. The third-order valence-electron chi connectivity index (χ3n) is 3.61. The molecule has 2 aliphatic heterocycles. The predicted octanol–water partition coefficient (Wildman–Crippen LogP) is -0.242. The van der Waals surface area contributed by atoms with Gasteiger partial charge in [0.25, 0.3) is 0 Å². The molecule has 2 fully saturated rings. The Morgan fingerprint density at radius 3 is 2.73 bits per heavy atom.